The molecule has 2 N–H and O–H groups in total. The van der Waals surface area contributed by atoms with Crippen LogP contribution in [0.2, 0.25) is 0 Å². The summed E-state index contributed by atoms with van der Waals surface area (Å²) in [5, 5.41) is 16.3. The molecule has 3 nitrogen and oxygen atoms in total. The summed E-state index contributed by atoms with van der Waals surface area (Å²) >= 11 is 0. The van der Waals surface area contributed by atoms with Gasteiger partial charge in [0.1, 0.15) is 0 Å². The standard InChI is InChI=1S/C19H24N2O/c1-5-7-17(6-2)11-13-19-14-18(20-21-19)12-9-15(3)8-10-16(4)22/h5-14,22H,1-4H3,(H,20,21)/b7-5-,12-9+,13-11+,15-8+,16-10+,17-6+. The van der Waals surface area contributed by atoms with Gasteiger partial charge in [-0.3, -0.25) is 5.10 Å². The largest absolute Gasteiger partial charge is 0.513 e. The maximum atomic E-state index is 9.11. The molecule has 1 aromatic rings. The van der Waals surface area contributed by atoms with Crippen molar-refractivity contribution < 1.29 is 5.11 Å². The Bertz CT molecular complexity index is 649. The van der Waals surface area contributed by atoms with Crippen LogP contribution >= 0.6 is 0 Å². The molecular weight excluding hydrogens is 272 g/mol. The SMILES string of the molecule is C\C=C/C(/C=C/c1cc(/C=C/C(C)=C/C=C(\C)O)n[nH]1)=C\C. The van der Waals surface area contributed by atoms with Gasteiger partial charge in [0, 0.05) is 0 Å². The molecule has 0 spiro atoms. The first-order valence-corrected chi connectivity index (χ1v) is 7.30. The van der Waals surface area contributed by atoms with Crippen LogP contribution in [-0.4, -0.2) is 15.3 Å². The fourth-order valence-corrected chi connectivity index (χ4v) is 1.67. The second-order valence-electron chi connectivity index (χ2n) is 4.92. The van der Waals surface area contributed by atoms with Gasteiger partial charge in [-0.05, 0) is 57.6 Å². The molecule has 1 rings (SSSR count). The van der Waals surface area contributed by atoms with Crippen molar-refractivity contribution in [3.63, 3.8) is 0 Å². The van der Waals surface area contributed by atoms with Gasteiger partial charge < -0.3 is 5.11 Å². The summed E-state index contributed by atoms with van der Waals surface area (Å²) < 4.78 is 0. The Labute approximate surface area is 132 Å². The van der Waals surface area contributed by atoms with Crippen LogP contribution in [0.4, 0.5) is 0 Å². The monoisotopic (exact) mass is 296 g/mol. The number of aliphatic hydroxyl groups excluding tert-OH is 1. The second kappa shape index (κ2) is 9.40. The first-order chi connectivity index (χ1) is 10.5. The van der Waals surface area contributed by atoms with E-state index < -0.39 is 0 Å². The minimum absolute atomic E-state index is 0.292. The minimum Gasteiger partial charge on any atom is -0.513 e. The summed E-state index contributed by atoms with van der Waals surface area (Å²) in [6.45, 7) is 7.63. The highest BCUT2D eigenvalue weighted by Crippen LogP contribution is 2.09. The van der Waals surface area contributed by atoms with Crippen molar-refractivity contribution in [3.05, 3.63) is 76.9 Å². The molecule has 0 bridgehead atoms. The van der Waals surface area contributed by atoms with Crippen molar-refractivity contribution in [2.75, 3.05) is 0 Å². The Morgan fingerprint density at radius 2 is 1.86 bits per heavy atom. The van der Waals surface area contributed by atoms with Gasteiger partial charge in [-0.2, -0.15) is 5.10 Å². The van der Waals surface area contributed by atoms with Crippen LogP contribution in [0.1, 0.15) is 39.1 Å². The topological polar surface area (TPSA) is 48.9 Å². The lowest BCUT2D eigenvalue weighted by molar-refractivity contribution is 0.414. The lowest BCUT2D eigenvalue weighted by Crippen LogP contribution is -1.74. The Balaban J connectivity index is 2.74. The zero-order valence-electron chi connectivity index (χ0n) is 13.7. The molecule has 116 valence electrons. The Morgan fingerprint density at radius 3 is 2.50 bits per heavy atom. The van der Waals surface area contributed by atoms with Crippen molar-refractivity contribution in [2.45, 2.75) is 27.7 Å². The molecule has 0 fully saturated rings. The maximum absolute atomic E-state index is 9.11. The molecule has 0 atom stereocenters. The van der Waals surface area contributed by atoms with E-state index in [2.05, 4.69) is 22.3 Å². The first kappa shape index (κ1) is 17.5. The number of allylic oxidation sites excluding steroid dienone is 10. The van der Waals surface area contributed by atoms with E-state index in [0.29, 0.717) is 5.76 Å². The van der Waals surface area contributed by atoms with E-state index >= 15 is 0 Å². The third-order valence-corrected chi connectivity index (χ3v) is 2.87. The molecular formula is C19H24N2O. The zero-order chi connectivity index (χ0) is 16.4. The molecule has 0 aliphatic heterocycles. The van der Waals surface area contributed by atoms with Crippen molar-refractivity contribution in [1.82, 2.24) is 10.2 Å². The van der Waals surface area contributed by atoms with Gasteiger partial charge in [0.15, 0.2) is 0 Å². The van der Waals surface area contributed by atoms with Crippen molar-refractivity contribution in [2.24, 2.45) is 0 Å². The van der Waals surface area contributed by atoms with Crippen LogP contribution in [-0.2, 0) is 0 Å². The van der Waals surface area contributed by atoms with Crippen LogP contribution in [0.15, 0.2) is 65.5 Å². The normalized spacial score (nSPS) is 14.8. The van der Waals surface area contributed by atoms with E-state index in [1.165, 1.54) is 0 Å². The summed E-state index contributed by atoms with van der Waals surface area (Å²) in [6.07, 6.45) is 17.6. The van der Waals surface area contributed by atoms with Gasteiger partial charge >= 0.3 is 0 Å². The number of hydrogen-bond donors (Lipinski definition) is 2. The van der Waals surface area contributed by atoms with Crippen molar-refractivity contribution >= 4 is 12.2 Å². The number of aliphatic hydroxyl groups is 1. The van der Waals surface area contributed by atoms with Crippen LogP contribution < -0.4 is 0 Å². The number of nitrogens with zero attached hydrogens (tertiary/aromatic N) is 1. The van der Waals surface area contributed by atoms with Gasteiger partial charge in [-0.1, -0.05) is 42.0 Å². The number of rotatable bonds is 6. The number of hydrogen-bond acceptors (Lipinski definition) is 2. The molecule has 1 aromatic heterocycles. The lowest BCUT2D eigenvalue weighted by atomic mass is 10.2. The smallest absolute Gasteiger partial charge is 0.0891 e. The summed E-state index contributed by atoms with van der Waals surface area (Å²) in [5.41, 5.74) is 4.01. The summed E-state index contributed by atoms with van der Waals surface area (Å²) in [7, 11) is 0. The number of H-pyrrole nitrogens is 1. The molecule has 0 saturated heterocycles. The van der Waals surface area contributed by atoms with Gasteiger partial charge in [0.05, 0.1) is 17.1 Å². The van der Waals surface area contributed by atoms with Crippen LogP contribution in [0, 0.1) is 0 Å². The molecule has 1 heterocycles. The fourth-order valence-electron chi connectivity index (χ4n) is 1.67. The number of aromatic nitrogens is 2. The zero-order valence-corrected chi connectivity index (χ0v) is 13.7. The van der Waals surface area contributed by atoms with E-state index in [1.54, 1.807) is 13.0 Å². The fraction of sp³-hybridized carbons (Fsp3) is 0.211. The van der Waals surface area contributed by atoms with Crippen LogP contribution in [0.25, 0.3) is 12.2 Å². The van der Waals surface area contributed by atoms with Gasteiger partial charge in [-0.25, -0.2) is 0 Å². The molecule has 0 aliphatic rings. The third-order valence-electron chi connectivity index (χ3n) is 2.87. The lowest BCUT2D eigenvalue weighted by Gasteiger charge is -1.90. The third kappa shape index (κ3) is 6.75. The highest BCUT2D eigenvalue weighted by atomic mass is 16.3. The van der Waals surface area contributed by atoms with Crippen molar-refractivity contribution in [3.8, 4) is 0 Å². The molecule has 0 radical (unpaired) electrons. The van der Waals surface area contributed by atoms with E-state index in [1.807, 2.05) is 63.3 Å². The summed E-state index contributed by atoms with van der Waals surface area (Å²) in [6, 6.07) is 1.98. The number of nitrogens with one attached hydrogen (secondary N) is 1. The second-order valence-corrected chi connectivity index (χ2v) is 4.92. The average Bonchev–Trinajstić information content (AvgIpc) is 2.95. The predicted octanol–water partition coefficient (Wildman–Crippen LogP) is 5.37. The highest BCUT2D eigenvalue weighted by molar-refractivity contribution is 5.56. The van der Waals surface area contributed by atoms with E-state index in [9.17, 15) is 0 Å². The molecule has 0 saturated carbocycles. The van der Waals surface area contributed by atoms with Gasteiger partial charge in [-0.15, -0.1) is 0 Å². The number of aromatic amines is 1. The molecule has 3 heteroatoms. The van der Waals surface area contributed by atoms with E-state index in [-0.39, 0.29) is 0 Å². The molecule has 0 amide bonds. The highest BCUT2D eigenvalue weighted by Gasteiger charge is 1.94. The van der Waals surface area contributed by atoms with E-state index in [0.717, 1.165) is 22.5 Å². The quantitative estimate of drug-likeness (QED) is 0.548. The predicted molar refractivity (Wildman–Crippen MR) is 95.4 cm³/mol. The molecule has 0 aromatic carbocycles. The molecule has 0 aliphatic carbocycles. The van der Waals surface area contributed by atoms with Crippen LogP contribution in [0.3, 0.4) is 0 Å². The van der Waals surface area contributed by atoms with Gasteiger partial charge in [0.2, 0.25) is 0 Å². The maximum Gasteiger partial charge on any atom is 0.0891 e. The summed E-state index contributed by atoms with van der Waals surface area (Å²) in [4.78, 5) is 0. The van der Waals surface area contributed by atoms with Gasteiger partial charge in [0.25, 0.3) is 0 Å². The molecule has 22 heavy (non-hydrogen) atoms. The van der Waals surface area contributed by atoms with E-state index in [4.69, 9.17) is 5.11 Å². The Morgan fingerprint density at radius 1 is 1.09 bits per heavy atom. The average molecular weight is 296 g/mol. The first-order valence-electron chi connectivity index (χ1n) is 7.30. The van der Waals surface area contributed by atoms with Crippen LogP contribution in [0.5, 0.6) is 0 Å². The Hall–Kier alpha value is -2.55. The van der Waals surface area contributed by atoms with Crippen molar-refractivity contribution in [1.29, 1.82) is 0 Å². The molecule has 0 unspecified atom stereocenters. The minimum atomic E-state index is 0.292. The summed E-state index contributed by atoms with van der Waals surface area (Å²) in [5.74, 6) is 0.292. The Kier molecular flexibility index (Phi) is 7.48.